The van der Waals surface area contributed by atoms with Gasteiger partial charge in [-0.2, -0.15) is 5.10 Å². The number of piperidine rings is 1. The quantitative estimate of drug-likeness (QED) is 0.842. The number of aryl methyl sites for hydroxylation is 2. The molecule has 2 aromatic heterocycles. The van der Waals surface area contributed by atoms with Gasteiger partial charge >= 0.3 is 0 Å². The molecular weight excluding hydrogens is 306 g/mol. The lowest BCUT2D eigenvalue weighted by atomic mass is 9.96. The number of hydrogen-bond donors (Lipinski definition) is 0. The molecule has 1 aliphatic rings. The number of likely N-dealkylation sites (tertiary alicyclic amines) is 1. The third-order valence-corrected chi connectivity index (χ3v) is 4.65. The molecule has 3 heterocycles. The first-order valence-electron chi connectivity index (χ1n) is 8.42. The minimum absolute atomic E-state index is 0.0964. The van der Waals surface area contributed by atoms with Crippen molar-refractivity contribution < 1.29 is 4.79 Å². The van der Waals surface area contributed by atoms with Crippen LogP contribution in [-0.2, 0) is 20.0 Å². The van der Waals surface area contributed by atoms with E-state index in [4.69, 9.17) is 0 Å². The summed E-state index contributed by atoms with van der Waals surface area (Å²) in [6.07, 6.45) is 6.76. The van der Waals surface area contributed by atoms with E-state index in [1.54, 1.807) is 7.05 Å². The molecule has 1 saturated heterocycles. The third-order valence-electron chi connectivity index (χ3n) is 4.65. The van der Waals surface area contributed by atoms with Crippen molar-refractivity contribution in [3.05, 3.63) is 46.4 Å². The zero-order valence-corrected chi connectivity index (χ0v) is 14.2. The van der Waals surface area contributed by atoms with Crippen LogP contribution in [0.15, 0.2) is 29.3 Å². The fourth-order valence-electron chi connectivity index (χ4n) is 3.20. The lowest BCUT2D eigenvalue weighted by Crippen LogP contribution is -2.40. The molecule has 7 heteroatoms. The second-order valence-electron chi connectivity index (χ2n) is 6.27. The summed E-state index contributed by atoms with van der Waals surface area (Å²) in [4.78, 5) is 30.1. The molecule has 0 saturated carbocycles. The average Bonchev–Trinajstić information content (AvgIpc) is 3.04. The van der Waals surface area contributed by atoms with Crippen molar-refractivity contribution in [1.29, 1.82) is 0 Å². The van der Waals surface area contributed by atoms with Crippen molar-refractivity contribution in [1.82, 2.24) is 24.2 Å². The number of nitrogens with zero attached hydrogens (tertiary/aromatic N) is 5. The number of carbonyl (C=O) groups excluding carboxylic acids is 1. The van der Waals surface area contributed by atoms with Gasteiger partial charge in [0.2, 0.25) is 0 Å². The van der Waals surface area contributed by atoms with Crippen LogP contribution in [0.5, 0.6) is 0 Å². The van der Waals surface area contributed by atoms with Crippen molar-refractivity contribution in [2.24, 2.45) is 13.0 Å². The number of rotatable bonds is 4. The summed E-state index contributed by atoms with van der Waals surface area (Å²) in [5, 5.41) is 4.05. The summed E-state index contributed by atoms with van der Waals surface area (Å²) >= 11 is 0. The molecule has 3 rings (SSSR count). The maximum atomic E-state index is 12.5. The van der Waals surface area contributed by atoms with E-state index in [9.17, 15) is 9.59 Å². The minimum atomic E-state index is -0.211. The summed E-state index contributed by atoms with van der Waals surface area (Å²) in [7, 11) is 1.56. The summed E-state index contributed by atoms with van der Waals surface area (Å²) in [6, 6.07) is 2.90. The maximum absolute atomic E-state index is 12.5. The summed E-state index contributed by atoms with van der Waals surface area (Å²) in [6.45, 7) is 4.53. The Balaban J connectivity index is 1.59. The van der Waals surface area contributed by atoms with Crippen LogP contribution < -0.4 is 5.56 Å². The molecule has 7 nitrogen and oxygen atoms in total. The Kier molecular flexibility index (Phi) is 4.78. The van der Waals surface area contributed by atoms with E-state index in [1.165, 1.54) is 16.8 Å². The Morgan fingerprint density at radius 1 is 1.29 bits per heavy atom. The molecule has 0 N–H and O–H groups in total. The molecule has 0 atom stereocenters. The maximum Gasteiger partial charge on any atom is 0.274 e. The van der Waals surface area contributed by atoms with Crippen LogP contribution in [0.1, 0.15) is 36.1 Å². The van der Waals surface area contributed by atoms with Gasteiger partial charge in [-0.05, 0) is 24.8 Å². The van der Waals surface area contributed by atoms with Gasteiger partial charge in [0, 0.05) is 51.6 Å². The van der Waals surface area contributed by atoms with Crippen LogP contribution in [0.2, 0.25) is 0 Å². The van der Waals surface area contributed by atoms with Gasteiger partial charge in [0.25, 0.3) is 11.5 Å². The van der Waals surface area contributed by atoms with E-state index in [-0.39, 0.29) is 11.5 Å². The Morgan fingerprint density at radius 3 is 2.71 bits per heavy atom. The van der Waals surface area contributed by atoms with Gasteiger partial charge in [0.05, 0.1) is 0 Å². The van der Waals surface area contributed by atoms with Crippen LogP contribution in [0.3, 0.4) is 0 Å². The lowest BCUT2D eigenvalue weighted by Gasteiger charge is -2.32. The largest absolute Gasteiger partial charge is 0.337 e. The molecule has 0 aliphatic carbocycles. The SMILES string of the molecule is CCc1nccn1CC1CCN(C(=O)c2ccc(=O)n(C)n2)CC1. The first-order chi connectivity index (χ1) is 11.6. The highest BCUT2D eigenvalue weighted by atomic mass is 16.2. The molecule has 2 aromatic rings. The zero-order chi connectivity index (χ0) is 17.1. The Labute approximate surface area is 140 Å². The van der Waals surface area contributed by atoms with E-state index >= 15 is 0 Å². The summed E-state index contributed by atoms with van der Waals surface area (Å²) < 4.78 is 3.42. The molecule has 0 spiro atoms. The normalized spacial score (nSPS) is 15.7. The molecule has 1 amide bonds. The van der Waals surface area contributed by atoms with E-state index in [2.05, 4.69) is 21.6 Å². The minimum Gasteiger partial charge on any atom is -0.337 e. The predicted octanol–water partition coefficient (Wildman–Crippen LogP) is 1.09. The predicted molar refractivity (Wildman–Crippen MR) is 89.7 cm³/mol. The van der Waals surface area contributed by atoms with E-state index in [0.29, 0.717) is 11.6 Å². The van der Waals surface area contributed by atoms with Crippen molar-refractivity contribution in [2.45, 2.75) is 32.7 Å². The Hall–Kier alpha value is -2.44. The second kappa shape index (κ2) is 6.98. The molecule has 0 bridgehead atoms. The first kappa shape index (κ1) is 16.4. The standard InChI is InChI=1S/C17H23N5O2/c1-3-15-18-8-11-22(15)12-13-6-9-21(10-7-13)17(24)14-4-5-16(23)20(2)19-14/h4-5,8,11,13H,3,6-7,9-10,12H2,1-2H3. The Morgan fingerprint density at radius 2 is 2.04 bits per heavy atom. The van der Waals surface area contributed by atoms with E-state index in [1.807, 2.05) is 17.3 Å². The highest BCUT2D eigenvalue weighted by Crippen LogP contribution is 2.21. The third kappa shape index (κ3) is 3.39. The highest BCUT2D eigenvalue weighted by molar-refractivity contribution is 5.92. The van der Waals surface area contributed by atoms with Crippen molar-refractivity contribution >= 4 is 5.91 Å². The molecule has 0 radical (unpaired) electrons. The van der Waals surface area contributed by atoms with Crippen LogP contribution in [-0.4, -0.2) is 43.2 Å². The van der Waals surface area contributed by atoms with Crippen molar-refractivity contribution in [3.8, 4) is 0 Å². The number of imidazole rings is 1. The van der Waals surface area contributed by atoms with Crippen molar-refractivity contribution in [3.63, 3.8) is 0 Å². The number of aromatic nitrogens is 4. The monoisotopic (exact) mass is 329 g/mol. The van der Waals surface area contributed by atoms with Crippen LogP contribution in [0, 0.1) is 5.92 Å². The molecular formula is C17H23N5O2. The first-order valence-corrected chi connectivity index (χ1v) is 8.42. The summed E-state index contributed by atoms with van der Waals surface area (Å²) in [5.41, 5.74) is 0.121. The van der Waals surface area contributed by atoms with Gasteiger partial charge < -0.3 is 9.47 Å². The van der Waals surface area contributed by atoms with E-state index in [0.717, 1.165) is 44.7 Å². The van der Waals surface area contributed by atoms with Gasteiger partial charge in [-0.15, -0.1) is 0 Å². The van der Waals surface area contributed by atoms with Crippen molar-refractivity contribution in [2.75, 3.05) is 13.1 Å². The van der Waals surface area contributed by atoms with Crippen LogP contribution in [0.4, 0.5) is 0 Å². The average molecular weight is 329 g/mol. The topological polar surface area (TPSA) is 73.0 Å². The molecule has 24 heavy (non-hydrogen) atoms. The Bertz CT molecular complexity index is 771. The van der Waals surface area contributed by atoms with Gasteiger partial charge in [-0.25, -0.2) is 9.67 Å². The number of hydrogen-bond acceptors (Lipinski definition) is 4. The number of carbonyl (C=O) groups is 1. The second-order valence-corrected chi connectivity index (χ2v) is 6.27. The molecule has 1 fully saturated rings. The fourth-order valence-corrected chi connectivity index (χ4v) is 3.20. The fraction of sp³-hybridized carbons (Fsp3) is 0.529. The number of amides is 1. The molecule has 0 aromatic carbocycles. The van der Waals surface area contributed by atoms with Gasteiger partial charge in [0.15, 0.2) is 0 Å². The highest BCUT2D eigenvalue weighted by Gasteiger charge is 2.25. The van der Waals surface area contributed by atoms with Crippen LogP contribution in [0.25, 0.3) is 0 Å². The smallest absolute Gasteiger partial charge is 0.274 e. The van der Waals surface area contributed by atoms with Gasteiger partial charge in [-0.3, -0.25) is 9.59 Å². The molecule has 0 unspecified atom stereocenters. The van der Waals surface area contributed by atoms with Crippen LogP contribution >= 0.6 is 0 Å². The lowest BCUT2D eigenvalue weighted by molar-refractivity contribution is 0.0674. The van der Waals surface area contributed by atoms with Gasteiger partial charge in [-0.1, -0.05) is 6.92 Å². The summed E-state index contributed by atoms with van der Waals surface area (Å²) in [5.74, 6) is 1.57. The zero-order valence-electron chi connectivity index (χ0n) is 14.2. The molecule has 1 aliphatic heterocycles. The van der Waals surface area contributed by atoms with Gasteiger partial charge in [0.1, 0.15) is 11.5 Å². The molecule has 128 valence electrons. The van der Waals surface area contributed by atoms with E-state index < -0.39 is 0 Å².